The monoisotopic (exact) mass is 406 g/mol. The predicted octanol–water partition coefficient (Wildman–Crippen LogP) is 3.68. The van der Waals surface area contributed by atoms with Crippen LogP contribution in [0.2, 0.25) is 0 Å². The number of fused-ring (bicyclic) bond motifs is 2. The molecule has 0 aliphatic heterocycles. The van der Waals surface area contributed by atoms with Gasteiger partial charge in [0, 0.05) is 21.6 Å². The van der Waals surface area contributed by atoms with E-state index in [9.17, 15) is 9.59 Å². The normalized spacial score (nSPS) is 13.1. The number of aryl methyl sites for hydroxylation is 1. The number of halogens is 1. The Kier molecular flexibility index (Phi) is 4.29. The fraction of sp³-hybridized carbons (Fsp3) is 0.222. The minimum absolute atomic E-state index is 0.0668. The van der Waals surface area contributed by atoms with Gasteiger partial charge in [-0.2, -0.15) is 0 Å². The fourth-order valence-electron chi connectivity index (χ4n) is 2.86. The number of ketones is 1. The van der Waals surface area contributed by atoms with Crippen LogP contribution >= 0.6 is 22.6 Å². The Balaban J connectivity index is 2.10. The van der Waals surface area contributed by atoms with Crippen molar-refractivity contribution in [2.45, 2.75) is 26.4 Å². The van der Waals surface area contributed by atoms with Gasteiger partial charge in [0.05, 0.1) is 0 Å². The van der Waals surface area contributed by atoms with Crippen LogP contribution in [0.1, 0.15) is 39.5 Å². The van der Waals surface area contributed by atoms with Gasteiger partial charge in [-0.05, 0) is 58.2 Å². The average Bonchev–Trinajstić information content (AvgIpc) is 2.65. The molecular formula is C18H15IO3. The van der Waals surface area contributed by atoms with Crippen molar-refractivity contribution in [2.75, 3.05) is 0 Å². The summed E-state index contributed by atoms with van der Waals surface area (Å²) in [6.45, 7) is 1.62. The van der Waals surface area contributed by atoms with Crippen molar-refractivity contribution in [1.82, 2.24) is 0 Å². The van der Waals surface area contributed by atoms with E-state index in [2.05, 4.69) is 22.6 Å². The average molecular weight is 406 g/mol. The van der Waals surface area contributed by atoms with Crippen LogP contribution in [-0.2, 0) is 29.0 Å². The number of carbonyl (C=O) groups excluding carboxylic acids is 2. The molecule has 2 aromatic rings. The topological polar surface area (TPSA) is 43.4 Å². The summed E-state index contributed by atoms with van der Waals surface area (Å²) >= 11 is 2.20. The second-order valence-corrected chi connectivity index (χ2v) is 6.49. The molecular weight excluding hydrogens is 391 g/mol. The molecule has 2 aromatic carbocycles. The van der Waals surface area contributed by atoms with E-state index in [-0.39, 0.29) is 18.4 Å². The highest BCUT2D eigenvalue weighted by Gasteiger charge is 2.25. The second-order valence-electron chi connectivity index (χ2n) is 5.33. The summed E-state index contributed by atoms with van der Waals surface area (Å²) in [5, 5.41) is 0. The van der Waals surface area contributed by atoms with E-state index in [1.165, 1.54) is 6.92 Å². The molecule has 3 nitrogen and oxygen atoms in total. The molecule has 0 fully saturated rings. The highest BCUT2D eigenvalue weighted by molar-refractivity contribution is 14.1. The summed E-state index contributed by atoms with van der Waals surface area (Å²) in [5.74, 6) is -0.243. The quantitative estimate of drug-likeness (QED) is 0.565. The van der Waals surface area contributed by atoms with Crippen LogP contribution in [-0.4, -0.2) is 11.8 Å². The molecule has 1 aliphatic rings. The highest BCUT2D eigenvalue weighted by Crippen LogP contribution is 2.30. The third kappa shape index (κ3) is 2.79. The van der Waals surface area contributed by atoms with Crippen LogP contribution in [0.4, 0.5) is 0 Å². The van der Waals surface area contributed by atoms with Crippen LogP contribution in [0.3, 0.4) is 0 Å². The maximum absolute atomic E-state index is 12.9. The first kappa shape index (κ1) is 15.2. The van der Waals surface area contributed by atoms with Crippen molar-refractivity contribution in [1.29, 1.82) is 0 Å². The van der Waals surface area contributed by atoms with E-state index in [1.54, 1.807) is 0 Å². The molecule has 22 heavy (non-hydrogen) atoms. The lowest BCUT2D eigenvalue weighted by molar-refractivity contribution is -0.142. The first-order valence-corrected chi connectivity index (χ1v) is 8.22. The van der Waals surface area contributed by atoms with Crippen LogP contribution in [0, 0.1) is 3.57 Å². The SMILES string of the molecule is CC(=O)OCc1ccc(I)c2c1CCc1ccccc1C2=O. The van der Waals surface area contributed by atoms with Crippen molar-refractivity contribution < 1.29 is 14.3 Å². The number of esters is 1. The molecule has 0 atom stereocenters. The zero-order valence-electron chi connectivity index (χ0n) is 12.2. The molecule has 4 heteroatoms. The first-order chi connectivity index (χ1) is 10.6. The van der Waals surface area contributed by atoms with Crippen molar-refractivity contribution in [3.8, 4) is 0 Å². The van der Waals surface area contributed by atoms with Gasteiger partial charge in [-0.15, -0.1) is 0 Å². The third-order valence-corrected chi connectivity index (χ3v) is 4.82. The van der Waals surface area contributed by atoms with Gasteiger partial charge < -0.3 is 4.74 Å². The molecule has 0 radical (unpaired) electrons. The van der Waals surface area contributed by atoms with E-state index in [4.69, 9.17) is 4.74 Å². The molecule has 3 rings (SSSR count). The van der Waals surface area contributed by atoms with Crippen LogP contribution in [0.25, 0.3) is 0 Å². The van der Waals surface area contributed by atoms with Gasteiger partial charge in [0.15, 0.2) is 5.78 Å². The van der Waals surface area contributed by atoms with Gasteiger partial charge >= 0.3 is 5.97 Å². The lowest BCUT2D eigenvalue weighted by atomic mass is 9.95. The van der Waals surface area contributed by atoms with Gasteiger partial charge in [-0.3, -0.25) is 9.59 Å². The van der Waals surface area contributed by atoms with E-state index < -0.39 is 0 Å². The van der Waals surface area contributed by atoms with Gasteiger partial charge in [-0.25, -0.2) is 0 Å². The number of benzene rings is 2. The zero-order valence-corrected chi connectivity index (χ0v) is 14.3. The summed E-state index contributed by atoms with van der Waals surface area (Å²) in [6.07, 6.45) is 1.60. The van der Waals surface area contributed by atoms with Crippen LogP contribution in [0.15, 0.2) is 36.4 Å². The van der Waals surface area contributed by atoms with E-state index in [1.807, 2.05) is 36.4 Å². The number of carbonyl (C=O) groups is 2. The molecule has 112 valence electrons. The van der Waals surface area contributed by atoms with E-state index in [0.717, 1.165) is 44.2 Å². The summed E-state index contributed by atoms with van der Waals surface area (Å²) < 4.78 is 6.08. The molecule has 0 amide bonds. The maximum atomic E-state index is 12.9. The number of hydrogen-bond acceptors (Lipinski definition) is 3. The van der Waals surface area contributed by atoms with Crippen LogP contribution < -0.4 is 0 Å². The second kappa shape index (κ2) is 6.20. The Hall–Kier alpha value is -1.69. The smallest absolute Gasteiger partial charge is 0.302 e. The third-order valence-electron chi connectivity index (χ3n) is 3.92. The van der Waals surface area contributed by atoms with E-state index in [0.29, 0.717) is 0 Å². The molecule has 0 aromatic heterocycles. The highest BCUT2D eigenvalue weighted by atomic mass is 127. The largest absolute Gasteiger partial charge is 0.461 e. The zero-order chi connectivity index (χ0) is 15.7. The maximum Gasteiger partial charge on any atom is 0.302 e. The standard InChI is InChI=1S/C18H15IO3/c1-11(20)22-10-13-7-9-16(19)17-14(13)8-6-12-4-2-3-5-15(12)18(17)21/h2-5,7,9H,6,8,10H2,1H3. The summed E-state index contributed by atoms with van der Waals surface area (Å²) in [6, 6.07) is 11.6. The summed E-state index contributed by atoms with van der Waals surface area (Å²) in [4.78, 5) is 24.0. The Labute approximate surface area is 142 Å². The van der Waals surface area contributed by atoms with Crippen LogP contribution in [0.5, 0.6) is 0 Å². The Bertz CT molecular complexity index is 765. The number of rotatable bonds is 2. The van der Waals surface area contributed by atoms with E-state index >= 15 is 0 Å². The van der Waals surface area contributed by atoms with Crippen molar-refractivity contribution in [3.05, 3.63) is 67.8 Å². The summed E-state index contributed by atoms with van der Waals surface area (Å²) in [5.41, 5.74) is 4.55. The molecule has 0 N–H and O–H groups in total. The Morgan fingerprint density at radius 2 is 1.95 bits per heavy atom. The molecule has 0 heterocycles. The predicted molar refractivity (Wildman–Crippen MR) is 91.9 cm³/mol. The Morgan fingerprint density at radius 3 is 2.73 bits per heavy atom. The Morgan fingerprint density at radius 1 is 1.18 bits per heavy atom. The molecule has 0 bridgehead atoms. The molecule has 1 aliphatic carbocycles. The van der Waals surface area contributed by atoms with Gasteiger partial charge in [0.2, 0.25) is 0 Å². The lowest BCUT2D eigenvalue weighted by Gasteiger charge is -2.13. The van der Waals surface area contributed by atoms with Gasteiger partial charge in [-0.1, -0.05) is 30.3 Å². The van der Waals surface area contributed by atoms with Gasteiger partial charge in [0.25, 0.3) is 0 Å². The van der Waals surface area contributed by atoms with Crippen molar-refractivity contribution in [3.63, 3.8) is 0 Å². The minimum atomic E-state index is -0.310. The number of ether oxygens (including phenoxy) is 1. The minimum Gasteiger partial charge on any atom is -0.461 e. The van der Waals surface area contributed by atoms with Gasteiger partial charge in [0.1, 0.15) is 6.61 Å². The van der Waals surface area contributed by atoms with Crippen molar-refractivity contribution >= 4 is 34.3 Å². The van der Waals surface area contributed by atoms with Crippen molar-refractivity contribution in [2.24, 2.45) is 0 Å². The summed E-state index contributed by atoms with van der Waals surface area (Å²) in [7, 11) is 0. The lowest BCUT2D eigenvalue weighted by Crippen LogP contribution is -2.10. The molecule has 0 saturated heterocycles. The number of hydrogen-bond donors (Lipinski definition) is 0. The molecule has 0 saturated carbocycles. The molecule has 0 spiro atoms. The first-order valence-electron chi connectivity index (χ1n) is 7.14. The molecule has 0 unspecified atom stereocenters. The fourth-order valence-corrected chi connectivity index (χ4v) is 3.61.